The third kappa shape index (κ3) is 4.99. The van der Waals surface area contributed by atoms with Crippen molar-refractivity contribution in [2.45, 2.75) is 19.3 Å². The van der Waals surface area contributed by atoms with Gasteiger partial charge in [0.2, 0.25) is 0 Å². The number of fused-ring (bicyclic) bond motifs is 1. The standard InChI is InChI=1S/C19H20F3N3O3/c1-23-19(24-9-12-11-26-16-6-2-3-7-17(16)27-12)25-10-13-14(20)5-4-8-15(13)28-18(21)22/h2-8,12,18H,9-11H2,1H3,(H2,23,24,25). The summed E-state index contributed by atoms with van der Waals surface area (Å²) in [5.74, 6) is 0.824. The Balaban J connectivity index is 1.55. The predicted octanol–water partition coefficient (Wildman–Crippen LogP) is 2.93. The molecule has 2 N–H and O–H groups in total. The van der Waals surface area contributed by atoms with E-state index in [4.69, 9.17) is 9.47 Å². The van der Waals surface area contributed by atoms with E-state index < -0.39 is 12.4 Å². The number of guanidine groups is 1. The van der Waals surface area contributed by atoms with Crippen LogP contribution in [-0.4, -0.2) is 38.9 Å². The summed E-state index contributed by atoms with van der Waals surface area (Å²) in [7, 11) is 1.54. The minimum absolute atomic E-state index is 0.0167. The van der Waals surface area contributed by atoms with E-state index >= 15 is 0 Å². The van der Waals surface area contributed by atoms with Crippen LogP contribution >= 0.6 is 0 Å². The van der Waals surface area contributed by atoms with Crippen LogP contribution in [0.25, 0.3) is 0 Å². The normalized spacial score (nSPS) is 16.0. The number of nitrogens with one attached hydrogen (secondary N) is 2. The van der Waals surface area contributed by atoms with Crippen molar-refractivity contribution in [3.8, 4) is 17.2 Å². The van der Waals surface area contributed by atoms with Gasteiger partial charge in [-0.2, -0.15) is 8.78 Å². The summed E-state index contributed by atoms with van der Waals surface area (Å²) in [5, 5.41) is 5.92. The Hall–Kier alpha value is -3.10. The van der Waals surface area contributed by atoms with Gasteiger partial charge in [0.1, 0.15) is 24.3 Å². The Kier molecular flexibility index (Phi) is 6.46. The quantitative estimate of drug-likeness (QED) is 0.582. The highest BCUT2D eigenvalue weighted by Gasteiger charge is 2.21. The van der Waals surface area contributed by atoms with Crippen LogP contribution in [-0.2, 0) is 6.54 Å². The summed E-state index contributed by atoms with van der Waals surface area (Å²) in [4.78, 5) is 4.04. The molecule has 1 atom stereocenters. The second kappa shape index (κ2) is 9.20. The first-order valence-electron chi connectivity index (χ1n) is 8.62. The number of halogens is 3. The van der Waals surface area contributed by atoms with Crippen molar-refractivity contribution < 1.29 is 27.4 Å². The number of alkyl halides is 2. The van der Waals surface area contributed by atoms with Crippen molar-refractivity contribution in [3.63, 3.8) is 0 Å². The molecule has 0 amide bonds. The maximum absolute atomic E-state index is 14.0. The highest BCUT2D eigenvalue weighted by molar-refractivity contribution is 5.79. The van der Waals surface area contributed by atoms with E-state index in [1.807, 2.05) is 24.3 Å². The lowest BCUT2D eigenvalue weighted by molar-refractivity contribution is -0.0506. The van der Waals surface area contributed by atoms with Gasteiger partial charge in [-0.05, 0) is 24.3 Å². The number of para-hydroxylation sites is 2. The van der Waals surface area contributed by atoms with Crippen LogP contribution < -0.4 is 24.8 Å². The number of hydrogen-bond donors (Lipinski definition) is 2. The lowest BCUT2D eigenvalue weighted by Crippen LogP contribution is -2.45. The van der Waals surface area contributed by atoms with Crippen molar-refractivity contribution in [1.82, 2.24) is 10.6 Å². The molecule has 3 rings (SSSR count). The second-order valence-corrected chi connectivity index (χ2v) is 5.90. The molecule has 1 unspecified atom stereocenters. The van der Waals surface area contributed by atoms with Crippen LogP contribution in [0.3, 0.4) is 0 Å². The van der Waals surface area contributed by atoms with Gasteiger partial charge < -0.3 is 24.8 Å². The number of rotatable bonds is 6. The van der Waals surface area contributed by atoms with E-state index in [0.29, 0.717) is 30.6 Å². The van der Waals surface area contributed by atoms with Gasteiger partial charge in [-0.15, -0.1) is 0 Å². The molecule has 28 heavy (non-hydrogen) atoms. The molecule has 0 aromatic heterocycles. The Morgan fingerprint density at radius 3 is 2.71 bits per heavy atom. The number of nitrogens with zero attached hydrogens (tertiary/aromatic N) is 1. The summed E-state index contributed by atoms with van der Waals surface area (Å²) < 4.78 is 54.9. The summed E-state index contributed by atoms with van der Waals surface area (Å²) in [6.07, 6.45) is -0.250. The first kappa shape index (κ1) is 19.7. The van der Waals surface area contributed by atoms with Gasteiger partial charge in [0.15, 0.2) is 17.5 Å². The zero-order chi connectivity index (χ0) is 19.9. The maximum Gasteiger partial charge on any atom is 0.387 e. The molecule has 9 heteroatoms. The highest BCUT2D eigenvalue weighted by atomic mass is 19.3. The first-order valence-corrected chi connectivity index (χ1v) is 8.62. The van der Waals surface area contributed by atoms with Crippen LogP contribution in [0.15, 0.2) is 47.5 Å². The first-order chi connectivity index (χ1) is 13.6. The lowest BCUT2D eigenvalue weighted by atomic mass is 10.2. The highest BCUT2D eigenvalue weighted by Crippen LogP contribution is 2.30. The molecule has 0 bridgehead atoms. The SMILES string of the molecule is CN=C(NCc1c(F)cccc1OC(F)F)NCC1COc2ccccc2O1. The van der Waals surface area contributed by atoms with Crippen LogP contribution in [0.2, 0.25) is 0 Å². The van der Waals surface area contributed by atoms with Crippen LogP contribution in [0.4, 0.5) is 13.2 Å². The minimum atomic E-state index is -3.04. The molecular formula is C19H20F3N3O3. The predicted molar refractivity (Wildman–Crippen MR) is 97.6 cm³/mol. The molecular weight excluding hydrogens is 375 g/mol. The molecule has 2 aromatic rings. The molecule has 1 heterocycles. The fourth-order valence-corrected chi connectivity index (χ4v) is 2.68. The van der Waals surface area contributed by atoms with Gasteiger partial charge in [0, 0.05) is 19.2 Å². The molecule has 0 fully saturated rings. The average Bonchev–Trinajstić information content (AvgIpc) is 2.69. The Bertz CT molecular complexity index is 833. The van der Waals surface area contributed by atoms with Crippen molar-refractivity contribution in [1.29, 1.82) is 0 Å². The molecule has 0 spiro atoms. The smallest absolute Gasteiger partial charge is 0.387 e. The fraction of sp³-hybridized carbons (Fsp3) is 0.316. The summed E-state index contributed by atoms with van der Waals surface area (Å²) >= 11 is 0. The maximum atomic E-state index is 14.0. The Labute approximate surface area is 160 Å². The van der Waals surface area contributed by atoms with Gasteiger partial charge in [-0.1, -0.05) is 18.2 Å². The number of aliphatic imine (C=N–C) groups is 1. The largest absolute Gasteiger partial charge is 0.486 e. The lowest BCUT2D eigenvalue weighted by Gasteiger charge is -2.27. The third-order valence-corrected chi connectivity index (χ3v) is 4.01. The monoisotopic (exact) mass is 395 g/mol. The number of ether oxygens (including phenoxy) is 3. The zero-order valence-corrected chi connectivity index (χ0v) is 15.1. The van der Waals surface area contributed by atoms with Crippen molar-refractivity contribution >= 4 is 5.96 Å². The van der Waals surface area contributed by atoms with Crippen molar-refractivity contribution in [2.75, 3.05) is 20.2 Å². The molecule has 1 aliphatic heterocycles. The molecule has 0 aliphatic carbocycles. The summed E-state index contributed by atoms with van der Waals surface area (Å²) in [5.41, 5.74) is -0.0167. The van der Waals surface area contributed by atoms with E-state index in [1.165, 1.54) is 18.2 Å². The topological polar surface area (TPSA) is 64.1 Å². The molecule has 0 saturated carbocycles. The fourth-order valence-electron chi connectivity index (χ4n) is 2.68. The minimum Gasteiger partial charge on any atom is -0.486 e. The van der Waals surface area contributed by atoms with Gasteiger partial charge in [0.25, 0.3) is 0 Å². The Morgan fingerprint density at radius 2 is 1.96 bits per heavy atom. The van der Waals surface area contributed by atoms with Gasteiger partial charge >= 0.3 is 6.61 Å². The van der Waals surface area contributed by atoms with Crippen LogP contribution in [0.1, 0.15) is 5.56 Å². The van der Waals surface area contributed by atoms with Crippen LogP contribution in [0.5, 0.6) is 17.2 Å². The summed E-state index contributed by atoms with van der Waals surface area (Å²) in [6.45, 7) is -2.38. The molecule has 150 valence electrons. The van der Waals surface area contributed by atoms with E-state index in [9.17, 15) is 13.2 Å². The second-order valence-electron chi connectivity index (χ2n) is 5.90. The van der Waals surface area contributed by atoms with E-state index in [2.05, 4.69) is 20.4 Å². The van der Waals surface area contributed by atoms with Crippen LogP contribution in [0, 0.1) is 5.82 Å². The summed E-state index contributed by atoms with van der Waals surface area (Å²) in [6, 6.07) is 11.1. The van der Waals surface area contributed by atoms with Gasteiger partial charge in [0.05, 0.1) is 6.54 Å². The molecule has 0 saturated heterocycles. The van der Waals surface area contributed by atoms with E-state index in [0.717, 1.165) is 0 Å². The van der Waals surface area contributed by atoms with Gasteiger partial charge in [-0.25, -0.2) is 4.39 Å². The molecule has 1 aliphatic rings. The van der Waals surface area contributed by atoms with E-state index in [1.54, 1.807) is 7.05 Å². The molecule has 0 radical (unpaired) electrons. The zero-order valence-electron chi connectivity index (χ0n) is 15.1. The number of benzene rings is 2. The van der Waals surface area contributed by atoms with Crippen molar-refractivity contribution in [3.05, 3.63) is 53.8 Å². The number of hydrogen-bond acceptors (Lipinski definition) is 4. The average molecular weight is 395 g/mol. The molecule has 6 nitrogen and oxygen atoms in total. The van der Waals surface area contributed by atoms with E-state index in [-0.39, 0.29) is 24.0 Å². The van der Waals surface area contributed by atoms with Crippen molar-refractivity contribution in [2.24, 2.45) is 4.99 Å². The molecule has 2 aromatic carbocycles. The Morgan fingerprint density at radius 1 is 1.18 bits per heavy atom. The van der Waals surface area contributed by atoms with Gasteiger partial charge in [-0.3, -0.25) is 4.99 Å². The third-order valence-electron chi connectivity index (χ3n) is 4.01.